The number of carbonyl (C=O) groups excluding carboxylic acids is 2. The van der Waals surface area contributed by atoms with Gasteiger partial charge in [-0.15, -0.1) is 0 Å². The molecule has 174 valence electrons. The Labute approximate surface area is 199 Å². The van der Waals surface area contributed by atoms with Gasteiger partial charge in [0.05, 0.1) is 22.0 Å². The number of para-hydroxylation sites is 1. The van der Waals surface area contributed by atoms with E-state index in [1.54, 1.807) is 55.5 Å². The van der Waals surface area contributed by atoms with E-state index in [9.17, 15) is 18.0 Å². The van der Waals surface area contributed by atoms with Gasteiger partial charge in [0.1, 0.15) is 12.6 Å². The molecule has 0 fully saturated rings. The van der Waals surface area contributed by atoms with Crippen LogP contribution in [0.1, 0.15) is 26.3 Å². The number of nitrogens with zero attached hydrogens (tertiary/aromatic N) is 2. The maximum absolute atomic E-state index is 13.3. The molecule has 0 heterocycles. The number of carbonyl (C=O) groups is 2. The molecule has 7 nitrogen and oxygen atoms in total. The average Bonchev–Trinajstić information content (AvgIpc) is 2.71. The molecular formula is C22H27Cl2N3O4S. The Morgan fingerprint density at radius 1 is 1.00 bits per heavy atom. The normalized spacial score (nSPS) is 12.3. The number of amides is 2. The fourth-order valence-electron chi connectivity index (χ4n) is 3.03. The number of hydrogen-bond donors (Lipinski definition) is 1. The summed E-state index contributed by atoms with van der Waals surface area (Å²) in [5.41, 5.74) is 1.01. The molecule has 32 heavy (non-hydrogen) atoms. The van der Waals surface area contributed by atoms with E-state index in [1.165, 1.54) is 4.90 Å². The van der Waals surface area contributed by atoms with E-state index in [0.29, 0.717) is 21.3 Å². The Kier molecular flexibility index (Phi) is 8.95. The van der Waals surface area contributed by atoms with E-state index in [4.69, 9.17) is 23.2 Å². The summed E-state index contributed by atoms with van der Waals surface area (Å²) < 4.78 is 25.9. The monoisotopic (exact) mass is 499 g/mol. The van der Waals surface area contributed by atoms with E-state index < -0.39 is 28.5 Å². The second-order valence-electron chi connectivity index (χ2n) is 7.71. The molecular weight excluding hydrogens is 473 g/mol. The Morgan fingerprint density at radius 2 is 1.62 bits per heavy atom. The highest BCUT2D eigenvalue weighted by Gasteiger charge is 2.30. The zero-order valence-electron chi connectivity index (χ0n) is 18.4. The van der Waals surface area contributed by atoms with Crippen LogP contribution in [0, 0.1) is 0 Å². The van der Waals surface area contributed by atoms with Crippen LogP contribution in [-0.2, 0) is 26.2 Å². The SMILES string of the molecule is CC(C)NC(=O)[C@H](C)N(Cc1ccc(Cl)c(Cl)c1)C(=O)CN(c1ccccc1)S(C)(=O)=O. The lowest BCUT2D eigenvalue weighted by Crippen LogP contribution is -2.52. The Morgan fingerprint density at radius 3 is 2.16 bits per heavy atom. The molecule has 0 aromatic heterocycles. The third-order valence-electron chi connectivity index (χ3n) is 4.66. The maximum Gasteiger partial charge on any atom is 0.244 e. The van der Waals surface area contributed by atoms with Crippen LogP contribution in [0.2, 0.25) is 10.0 Å². The molecule has 0 aliphatic heterocycles. The average molecular weight is 500 g/mol. The first-order chi connectivity index (χ1) is 14.9. The topological polar surface area (TPSA) is 86.8 Å². The third-order valence-corrected chi connectivity index (χ3v) is 6.54. The molecule has 2 aromatic carbocycles. The lowest BCUT2D eigenvalue weighted by molar-refractivity contribution is -0.139. The summed E-state index contributed by atoms with van der Waals surface area (Å²) in [4.78, 5) is 27.4. The zero-order chi connectivity index (χ0) is 24.1. The number of hydrogen-bond acceptors (Lipinski definition) is 4. The summed E-state index contributed by atoms with van der Waals surface area (Å²) in [5, 5.41) is 3.47. The minimum Gasteiger partial charge on any atom is -0.352 e. The molecule has 2 aromatic rings. The first-order valence-corrected chi connectivity index (χ1v) is 12.6. The summed E-state index contributed by atoms with van der Waals surface area (Å²) in [6.07, 6.45) is 1.03. The summed E-state index contributed by atoms with van der Waals surface area (Å²) in [5.74, 6) is -0.879. The molecule has 1 N–H and O–H groups in total. The van der Waals surface area contributed by atoms with Crippen molar-refractivity contribution in [2.45, 2.75) is 39.4 Å². The van der Waals surface area contributed by atoms with Gasteiger partial charge in [-0.3, -0.25) is 13.9 Å². The van der Waals surface area contributed by atoms with Crippen LogP contribution in [-0.4, -0.2) is 50.0 Å². The van der Waals surface area contributed by atoms with Gasteiger partial charge in [0.2, 0.25) is 21.8 Å². The highest BCUT2D eigenvalue weighted by atomic mass is 35.5. The van der Waals surface area contributed by atoms with Crippen molar-refractivity contribution in [2.75, 3.05) is 17.1 Å². The molecule has 2 rings (SSSR count). The zero-order valence-corrected chi connectivity index (χ0v) is 20.7. The summed E-state index contributed by atoms with van der Waals surface area (Å²) in [7, 11) is -3.75. The number of nitrogens with one attached hydrogen (secondary N) is 1. The van der Waals surface area contributed by atoms with E-state index >= 15 is 0 Å². The van der Waals surface area contributed by atoms with Crippen molar-refractivity contribution < 1.29 is 18.0 Å². The summed E-state index contributed by atoms with van der Waals surface area (Å²) >= 11 is 12.1. The predicted octanol–water partition coefficient (Wildman–Crippen LogP) is 3.70. The quantitative estimate of drug-likeness (QED) is 0.569. The Balaban J connectivity index is 2.38. The standard InChI is InChI=1S/C22H27Cl2N3O4S/c1-15(2)25-22(29)16(3)26(13-17-10-11-19(23)20(24)12-17)21(28)14-27(32(4,30)31)18-8-6-5-7-9-18/h5-12,15-16H,13-14H2,1-4H3,(H,25,29)/t16-/m0/s1. The predicted molar refractivity (Wildman–Crippen MR) is 128 cm³/mol. The van der Waals surface area contributed by atoms with Gasteiger partial charge in [-0.05, 0) is 50.6 Å². The molecule has 10 heteroatoms. The van der Waals surface area contributed by atoms with Crippen LogP contribution in [0.25, 0.3) is 0 Å². The van der Waals surface area contributed by atoms with Crippen LogP contribution in [0.3, 0.4) is 0 Å². The summed E-state index contributed by atoms with van der Waals surface area (Å²) in [6.45, 7) is 4.83. The lowest BCUT2D eigenvalue weighted by atomic mass is 10.1. The molecule has 1 atom stereocenters. The number of benzene rings is 2. The molecule has 0 saturated carbocycles. The third kappa shape index (κ3) is 7.12. The van der Waals surface area contributed by atoms with Crippen molar-refractivity contribution >= 4 is 50.7 Å². The molecule has 2 amide bonds. The smallest absolute Gasteiger partial charge is 0.244 e. The van der Waals surface area contributed by atoms with Crippen molar-refractivity contribution in [2.24, 2.45) is 0 Å². The van der Waals surface area contributed by atoms with Crippen molar-refractivity contribution in [3.05, 3.63) is 64.1 Å². The number of rotatable bonds is 9. The molecule has 0 saturated heterocycles. The number of halogens is 2. The van der Waals surface area contributed by atoms with Crippen LogP contribution < -0.4 is 9.62 Å². The fourth-order valence-corrected chi connectivity index (χ4v) is 4.20. The van der Waals surface area contributed by atoms with Gasteiger partial charge in [-0.1, -0.05) is 47.5 Å². The Bertz CT molecular complexity index is 1060. The van der Waals surface area contributed by atoms with Crippen molar-refractivity contribution in [3.8, 4) is 0 Å². The molecule has 0 radical (unpaired) electrons. The highest BCUT2D eigenvalue weighted by Crippen LogP contribution is 2.24. The fraction of sp³-hybridized carbons (Fsp3) is 0.364. The first-order valence-electron chi connectivity index (χ1n) is 9.96. The van der Waals surface area contributed by atoms with Gasteiger partial charge in [-0.25, -0.2) is 8.42 Å². The van der Waals surface area contributed by atoms with Gasteiger partial charge in [-0.2, -0.15) is 0 Å². The van der Waals surface area contributed by atoms with Crippen molar-refractivity contribution in [3.63, 3.8) is 0 Å². The minimum absolute atomic E-state index is 0.0504. The lowest BCUT2D eigenvalue weighted by Gasteiger charge is -2.32. The van der Waals surface area contributed by atoms with Crippen molar-refractivity contribution in [1.82, 2.24) is 10.2 Å². The summed E-state index contributed by atoms with van der Waals surface area (Å²) in [6, 6.07) is 12.3. The van der Waals surface area contributed by atoms with E-state index in [1.807, 2.05) is 13.8 Å². The van der Waals surface area contributed by atoms with Gasteiger partial charge < -0.3 is 10.2 Å². The van der Waals surface area contributed by atoms with Gasteiger partial charge in [0.25, 0.3) is 0 Å². The van der Waals surface area contributed by atoms with Crippen molar-refractivity contribution in [1.29, 1.82) is 0 Å². The van der Waals surface area contributed by atoms with E-state index in [0.717, 1.165) is 10.6 Å². The molecule has 0 aliphatic rings. The van der Waals surface area contributed by atoms with Gasteiger partial charge >= 0.3 is 0 Å². The largest absolute Gasteiger partial charge is 0.352 e. The first kappa shape index (κ1) is 26.0. The second kappa shape index (κ2) is 11.0. The molecule has 0 bridgehead atoms. The molecule has 0 spiro atoms. The van der Waals surface area contributed by atoms with Crippen LogP contribution in [0.15, 0.2) is 48.5 Å². The maximum atomic E-state index is 13.3. The molecule has 0 unspecified atom stereocenters. The number of anilines is 1. The van der Waals surface area contributed by atoms with Gasteiger partial charge in [0, 0.05) is 12.6 Å². The Hall–Kier alpha value is -2.29. The number of sulfonamides is 1. The highest BCUT2D eigenvalue weighted by molar-refractivity contribution is 7.92. The van der Waals surface area contributed by atoms with E-state index in [-0.39, 0.29) is 18.5 Å². The van der Waals surface area contributed by atoms with Gasteiger partial charge in [0.15, 0.2) is 0 Å². The van der Waals surface area contributed by atoms with Crippen LogP contribution >= 0.6 is 23.2 Å². The van der Waals surface area contributed by atoms with E-state index in [2.05, 4.69) is 5.32 Å². The van der Waals surface area contributed by atoms with Crippen LogP contribution in [0.4, 0.5) is 5.69 Å². The molecule has 0 aliphatic carbocycles. The second-order valence-corrected chi connectivity index (χ2v) is 10.4. The minimum atomic E-state index is -3.75. The van der Waals surface area contributed by atoms with Crippen LogP contribution in [0.5, 0.6) is 0 Å².